The van der Waals surface area contributed by atoms with Gasteiger partial charge in [0.2, 0.25) is 5.89 Å². The molecule has 0 fully saturated rings. The first-order chi connectivity index (χ1) is 9.41. The molecule has 0 bridgehead atoms. The van der Waals surface area contributed by atoms with Crippen LogP contribution >= 0.6 is 0 Å². The maximum Gasteiger partial charge on any atom is 0.209 e. The van der Waals surface area contributed by atoms with Crippen LogP contribution in [0.3, 0.4) is 0 Å². The number of sulfone groups is 1. The van der Waals surface area contributed by atoms with Crippen molar-refractivity contribution in [2.24, 2.45) is 0 Å². The fourth-order valence-corrected chi connectivity index (χ4v) is 3.19. The summed E-state index contributed by atoms with van der Waals surface area (Å²) in [5, 5.41) is 0. The number of hydrogen-bond acceptors (Lipinski definition) is 5. The summed E-state index contributed by atoms with van der Waals surface area (Å²) in [5.41, 5.74) is 1.58. The van der Waals surface area contributed by atoms with Crippen LogP contribution in [0.25, 0.3) is 11.1 Å². The molecular weight excluding hydrogens is 276 g/mol. The smallest absolute Gasteiger partial charge is 0.209 e. The number of rotatable bonds is 6. The minimum atomic E-state index is -2.97. The fraction of sp³-hybridized carbons (Fsp3) is 0.500. The van der Waals surface area contributed by atoms with E-state index in [9.17, 15) is 8.42 Å². The Kier molecular flexibility index (Phi) is 4.45. The lowest BCUT2D eigenvalue weighted by Crippen LogP contribution is -2.35. The Balaban J connectivity index is 2.05. The zero-order valence-corrected chi connectivity index (χ0v) is 12.9. The molecule has 0 N–H and O–H groups in total. The number of nitrogens with zero attached hydrogens (tertiary/aromatic N) is 2. The van der Waals surface area contributed by atoms with Crippen LogP contribution in [0.2, 0.25) is 0 Å². The van der Waals surface area contributed by atoms with Gasteiger partial charge in [0.15, 0.2) is 15.4 Å². The van der Waals surface area contributed by atoms with Gasteiger partial charge >= 0.3 is 0 Å². The zero-order chi connectivity index (χ0) is 14.8. The molecule has 1 heterocycles. The van der Waals surface area contributed by atoms with Gasteiger partial charge in [0, 0.05) is 11.8 Å². The summed E-state index contributed by atoms with van der Waals surface area (Å²) in [6.45, 7) is 4.06. The summed E-state index contributed by atoms with van der Waals surface area (Å²) in [6, 6.07) is 7.51. The van der Waals surface area contributed by atoms with E-state index in [2.05, 4.69) is 4.98 Å². The molecule has 0 saturated heterocycles. The average Bonchev–Trinajstić information content (AvgIpc) is 2.80. The summed E-state index contributed by atoms with van der Waals surface area (Å²) >= 11 is 0. The first kappa shape index (κ1) is 15.0. The van der Waals surface area contributed by atoms with Gasteiger partial charge in [-0.1, -0.05) is 19.1 Å². The van der Waals surface area contributed by atoms with Gasteiger partial charge in [-0.05, 0) is 26.1 Å². The van der Waals surface area contributed by atoms with E-state index in [0.29, 0.717) is 12.4 Å². The number of oxazole rings is 1. The Morgan fingerprint density at radius 3 is 2.70 bits per heavy atom. The molecule has 0 amide bonds. The van der Waals surface area contributed by atoms with E-state index in [1.807, 2.05) is 43.1 Å². The van der Waals surface area contributed by atoms with E-state index >= 15 is 0 Å². The van der Waals surface area contributed by atoms with Crippen LogP contribution in [0, 0.1) is 0 Å². The maximum atomic E-state index is 11.6. The predicted molar refractivity (Wildman–Crippen MR) is 79.3 cm³/mol. The second-order valence-corrected chi connectivity index (χ2v) is 7.44. The minimum absolute atomic E-state index is 0.0741. The highest BCUT2D eigenvalue weighted by Gasteiger charge is 2.19. The minimum Gasteiger partial charge on any atom is -0.439 e. The van der Waals surface area contributed by atoms with Crippen molar-refractivity contribution in [3.05, 3.63) is 30.2 Å². The molecule has 2 aromatic rings. The molecule has 0 aliphatic rings. The molecular formula is C14H20N2O3S. The predicted octanol–water partition coefficient (Wildman–Crippen LogP) is 2.08. The second kappa shape index (κ2) is 5.93. The van der Waals surface area contributed by atoms with Crippen LogP contribution in [0.4, 0.5) is 0 Å². The second-order valence-electron chi connectivity index (χ2n) is 5.04. The van der Waals surface area contributed by atoms with Gasteiger partial charge in [0.05, 0.1) is 12.3 Å². The van der Waals surface area contributed by atoms with Gasteiger partial charge in [-0.25, -0.2) is 13.4 Å². The molecule has 1 aromatic heterocycles. The van der Waals surface area contributed by atoms with Crippen molar-refractivity contribution in [1.29, 1.82) is 0 Å². The van der Waals surface area contributed by atoms with E-state index in [1.54, 1.807) is 6.92 Å². The molecule has 2 rings (SSSR count). The van der Waals surface area contributed by atoms with Crippen molar-refractivity contribution in [2.75, 3.05) is 18.6 Å². The topological polar surface area (TPSA) is 63.4 Å². The third-order valence-electron chi connectivity index (χ3n) is 3.41. The molecule has 6 heteroatoms. The van der Waals surface area contributed by atoms with Crippen molar-refractivity contribution in [2.45, 2.75) is 26.4 Å². The number of benzene rings is 1. The normalized spacial score (nSPS) is 14.0. The van der Waals surface area contributed by atoms with Gasteiger partial charge in [-0.15, -0.1) is 0 Å². The average molecular weight is 296 g/mol. The van der Waals surface area contributed by atoms with Crippen LogP contribution in [-0.4, -0.2) is 42.9 Å². The van der Waals surface area contributed by atoms with Crippen LogP contribution < -0.4 is 0 Å². The lowest BCUT2D eigenvalue weighted by molar-refractivity contribution is 0.243. The van der Waals surface area contributed by atoms with Gasteiger partial charge < -0.3 is 4.42 Å². The number of aromatic nitrogens is 1. The molecule has 0 spiro atoms. The molecule has 20 heavy (non-hydrogen) atoms. The van der Waals surface area contributed by atoms with Gasteiger partial charge in [-0.2, -0.15) is 0 Å². The van der Waals surface area contributed by atoms with E-state index in [-0.39, 0.29) is 17.5 Å². The molecule has 110 valence electrons. The highest BCUT2D eigenvalue weighted by molar-refractivity contribution is 7.91. The van der Waals surface area contributed by atoms with Gasteiger partial charge in [0.1, 0.15) is 5.52 Å². The molecule has 1 aromatic carbocycles. The van der Waals surface area contributed by atoms with Crippen LogP contribution in [0.1, 0.15) is 19.7 Å². The van der Waals surface area contributed by atoms with Crippen molar-refractivity contribution in [3.8, 4) is 0 Å². The molecule has 0 radical (unpaired) electrons. The monoisotopic (exact) mass is 296 g/mol. The van der Waals surface area contributed by atoms with Gasteiger partial charge in [0.25, 0.3) is 0 Å². The third-order valence-corrected chi connectivity index (χ3v) is 5.28. The number of para-hydroxylation sites is 2. The summed E-state index contributed by atoms with van der Waals surface area (Å²) < 4.78 is 28.9. The van der Waals surface area contributed by atoms with Crippen molar-refractivity contribution in [3.63, 3.8) is 0 Å². The number of hydrogen-bond donors (Lipinski definition) is 0. The van der Waals surface area contributed by atoms with E-state index in [4.69, 9.17) is 4.42 Å². The highest BCUT2D eigenvalue weighted by atomic mass is 32.2. The third kappa shape index (κ3) is 3.58. The summed E-state index contributed by atoms with van der Waals surface area (Å²) in [7, 11) is -1.09. The Morgan fingerprint density at radius 1 is 1.35 bits per heavy atom. The quantitative estimate of drug-likeness (QED) is 0.816. The fourth-order valence-electron chi connectivity index (χ4n) is 1.97. The molecule has 0 unspecified atom stereocenters. The molecule has 0 aliphatic carbocycles. The Hall–Kier alpha value is -1.40. The van der Waals surface area contributed by atoms with E-state index in [0.717, 1.165) is 11.1 Å². The SMILES string of the molecule is CCS(=O)(=O)C[C@H](C)N(C)Cc1nc2ccccc2o1. The summed E-state index contributed by atoms with van der Waals surface area (Å²) in [5.74, 6) is 0.934. The van der Waals surface area contributed by atoms with Crippen LogP contribution in [-0.2, 0) is 16.4 Å². The van der Waals surface area contributed by atoms with Crippen molar-refractivity contribution in [1.82, 2.24) is 9.88 Å². The Labute approximate surface area is 119 Å². The standard InChI is InChI=1S/C14H20N2O3S/c1-4-20(17,18)10-11(2)16(3)9-14-15-12-7-5-6-8-13(12)19-14/h5-8,11H,4,9-10H2,1-3H3/t11-/m0/s1. The van der Waals surface area contributed by atoms with E-state index in [1.165, 1.54) is 0 Å². The molecule has 0 aliphatic heterocycles. The Bertz CT molecular complexity index is 646. The summed E-state index contributed by atoms with van der Waals surface area (Å²) in [4.78, 5) is 6.34. The highest BCUT2D eigenvalue weighted by Crippen LogP contribution is 2.16. The van der Waals surface area contributed by atoms with Crippen LogP contribution in [0.15, 0.2) is 28.7 Å². The van der Waals surface area contributed by atoms with Gasteiger partial charge in [-0.3, -0.25) is 4.90 Å². The maximum absolute atomic E-state index is 11.6. The first-order valence-electron chi connectivity index (χ1n) is 6.66. The first-order valence-corrected chi connectivity index (χ1v) is 8.48. The molecule has 1 atom stereocenters. The van der Waals surface area contributed by atoms with Crippen molar-refractivity contribution < 1.29 is 12.8 Å². The van der Waals surface area contributed by atoms with Crippen molar-refractivity contribution >= 4 is 20.9 Å². The lowest BCUT2D eigenvalue weighted by Gasteiger charge is -2.22. The number of fused-ring (bicyclic) bond motifs is 1. The summed E-state index contributed by atoms with van der Waals surface area (Å²) in [6.07, 6.45) is 0. The largest absolute Gasteiger partial charge is 0.439 e. The molecule has 5 nitrogen and oxygen atoms in total. The zero-order valence-electron chi connectivity index (χ0n) is 12.0. The Morgan fingerprint density at radius 2 is 2.05 bits per heavy atom. The van der Waals surface area contributed by atoms with E-state index < -0.39 is 9.84 Å². The van der Waals surface area contributed by atoms with Crippen LogP contribution in [0.5, 0.6) is 0 Å². The lowest BCUT2D eigenvalue weighted by atomic mass is 10.3. The molecule has 0 saturated carbocycles.